The minimum Gasteiger partial charge on any atom is -0.437 e. The summed E-state index contributed by atoms with van der Waals surface area (Å²) in [4.78, 5) is 20.1. The van der Waals surface area contributed by atoms with Crippen LogP contribution >= 0.6 is 0 Å². The third kappa shape index (κ3) is 5.47. The van der Waals surface area contributed by atoms with Crippen molar-refractivity contribution in [3.8, 4) is 11.6 Å². The van der Waals surface area contributed by atoms with Gasteiger partial charge in [-0.25, -0.2) is 9.37 Å². The lowest BCUT2D eigenvalue weighted by Crippen LogP contribution is -2.24. The fourth-order valence-corrected chi connectivity index (χ4v) is 2.43. The Bertz CT molecular complexity index is 945. The van der Waals surface area contributed by atoms with Crippen molar-refractivity contribution in [3.63, 3.8) is 0 Å². The normalized spacial score (nSPS) is 11.9. The van der Waals surface area contributed by atoms with Crippen molar-refractivity contribution in [1.29, 1.82) is 0 Å². The molecule has 0 aliphatic heterocycles. The second kappa shape index (κ2) is 8.71. The Morgan fingerprint density at radius 2 is 2.04 bits per heavy atom. The van der Waals surface area contributed by atoms with E-state index >= 15 is 0 Å². The molecule has 0 radical (unpaired) electrons. The van der Waals surface area contributed by atoms with E-state index in [0.717, 1.165) is 5.56 Å². The second-order valence-electron chi connectivity index (χ2n) is 5.84. The van der Waals surface area contributed by atoms with E-state index in [1.165, 1.54) is 24.4 Å². The molecule has 0 fully saturated rings. The van der Waals surface area contributed by atoms with Gasteiger partial charge >= 0.3 is 0 Å². The predicted molar refractivity (Wildman–Crippen MR) is 101 cm³/mol. The predicted octanol–water partition coefficient (Wildman–Crippen LogP) is 4.30. The summed E-state index contributed by atoms with van der Waals surface area (Å²) < 4.78 is 18.8. The number of halogens is 1. The molecule has 5 nitrogen and oxygen atoms in total. The molecule has 0 unspecified atom stereocenters. The zero-order valence-corrected chi connectivity index (χ0v) is 14.7. The molecule has 0 aliphatic rings. The molecule has 27 heavy (non-hydrogen) atoms. The monoisotopic (exact) mass is 363 g/mol. The molecule has 1 N–H and O–H groups in total. The Morgan fingerprint density at radius 3 is 2.81 bits per heavy atom. The first-order valence-corrected chi connectivity index (χ1v) is 8.38. The Kier molecular flexibility index (Phi) is 5.89. The number of amides is 1. The van der Waals surface area contributed by atoms with Crippen LogP contribution in [0.15, 0.2) is 73.2 Å². The standard InChI is InChI=1S/C21H18FN3O2/c1-15(25-20(26)9-8-16-4-2-6-18(22)12-16)17-5-3-7-19(13-17)27-21-14-23-10-11-24-21/h2-15H,1H3,(H,25,26)/b9-8+/t15-/m0/s1. The highest BCUT2D eigenvalue weighted by molar-refractivity contribution is 5.91. The lowest BCUT2D eigenvalue weighted by molar-refractivity contribution is -0.117. The van der Waals surface area contributed by atoms with Crippen LogP contribution in [-0.2, 0) is 4.79 Å². The number of hydrogen-bond donors (Lipinski definition) is 1. The van der Waals surface area contributed by atoms with Crippen LogP contribution in [0, 0.1) is 5.82 Å². The highest BCUT2D eigenvalue weighted by Crippen LogP contribution is 2.22. The Balaban J connectivity index is 1.62. The molecule has 3 rings (SSSR count). The fraction of sp³-hybridized carbons (Fsp3) is 0.0952. The fourth-order valence-electron chi connectivity index (χ4n) is 2.43. The van der Waals surface area contributed by atoms with Crippen molar-refractivity contribution in [1.82, 2.24) is 15.3 Å². The first-order valence-electron chi connectivity index (χ1n) is 8.38. The van der Waals surface area contributed by atoms with E-state index in [4.69, 9.17) is 4.74 Å². The molecule has 3 aromatic rings. The molecule has 0 saturated heterocycles. The Hall–Kier alpha value is -3.54. The minimum absolute atomic E-state index is 0.236. The highest BCUT2D eigenvalue weighted by Gasteiger charge is 2.09. The van der Waals surface area contributed by atoms with Gasteiger partial charge in [0, 0.05) is 18.5 Å². The van der Waals surface area contributed by atoms with Crippen LogP contribution in [0.25, 0.3) is 6.08 Å². The smallest absolute Gasteiger partial charge is 0.244 e. The molecule has 0 bridgehead atoms. The summed E-state index contributed by atoms with van der Waals surface area (Å²) in [5, 5.41) is 2.87. The third-order valence-electron chi connectivity index (χ3n) is 3.75. The van der Waals surface area contributed by atoms with E-state index in [9.17, 15) is 9.18 Å². The molecule has 2 aromatic carbocycles. The number of nitrogens with one attached hydrogen (secondary N) is 1. The van der Waals surface area contributed by atoms with E-state index in [-0.39, 0.29) is 17.8 Å². The number of benzene rings is 2. The summed E-state index contributed by atoms with van der Waals surface area (Å²) in [6.45, 7) is 1.87. The number of nitrogens with zero attached hydrogens (tertiary/aromatic N) is 2. The Morgan fingerprint density at radius 1 is 1.19 bits per heavy atom. The van der Waals surface area contributed by atoms with E-state index in [0.29, 0.717) is 17.2 Å². The zero-order chi connectivity index (χ0) is 19.1. The van der Waals surface area contributed by atoms with Gasteiger partial charge in [0.25, 0.3) is 0 Å². The maximum atomic E-state index is 13.2. The summed E-state index contributed by atoms with van der Waals surface area (Å²) >= 11 is 0. The highest BCUT2D eigenvalue weighted by atomic mass is 19.1. The van der Waals surface area contributed by atoms with Gasteiger partial charge in [-0.1, -0.05) is 24.3 Å². The molecular formula is C21H18FN3O2. The lowest BCUT2D eigenvalue weighted by Gasteiger charge is -2.14. The molecular weight excluding hydrogens is 345 g/mol. The van der Waals surface area contributed by atoms with Crippen LogP contribution in [0.4, 0.5) is 4.39 Å². The summed E-state index contributed by atoms with van der Waals surface area (Å²) in [6, 6.07) is 13.2. The van der Waals surface area contributed by atoms with Crippen LogP contribution in [-0.4, -0.2) is 15.9 Å². The molecule has 1 amide bonds. The van der Waals surface area contributed by atoms with Crippen molar-refractivity contribution in [2.24, 2.45) is 0 Å². The van der Waals surface area contributed by atoms with Crippen LogP contribution in [0.5, 0.6) is 11.6 Å². The average Bonchev–Trinajstić information content (AvgIpc) is 2.67. The lowest BCUT2D eigenvalue weighted by atomic mass is 10.1. The first-order chi connectivity index (χ1) is 13.1. The van der Waals surface area contributed by atoms with Gasteiger partial charge in [0.05, 0.1) is 12.2 Å². The number of carbonyl (C=O) groups excluding carboxylic acids is 1. The van der Waals surface area contributed by atoms with E-state index in [1.54, 1.807) is 36.7 Å². The van der Waals surface area contributed by atoms with Gasteiger partial charge in [0.15, 0.2) is 0 Å². The van der Waals surface area contributed by atoms with Gasteiger partial charge in [-0.15, -0.1) is 0 Å². The van der Waals surface area contributed by atoms with Gasteiger partial charge in [-0.3, -0.25) is 9.78 Å². The maximum Gasteiger partial charge on any atom is 0.244 e. The van der Waals surface area contributed by atoms with Crippen molar-refractivity contribution in [2.75, 3.05) is 0 Å². The third-order valence-corrected chi connectivity index (χ3v) is 3.75. The van der Waals surface area contributed by atoms with Crippen LogP contribution in [0.3, 0.4) is 0 Å². The molecule has 136 valence electrons. The maximum absolute atomic E-state index is 13.2. The minimum atomic E-state index is -0.342. The first kappa shape index (κ1) is 18.3. The molecule has 6 heteroatoms. The molecule has 0 saturated carbocycles. The number of carbonyl (C=O) groups is 1. The summed E-state index contributed by atoms with van der Waals surface area (Å²) in [6.07, 6.45) is 7.59. The van der Waals surface area contributed by atoms with Gasteiger partial charge in [-0.2, -0.15) is 0 Å². The number of ether oxygens (including phenoxy) is 1. The summed E-state index contributed by atoms with van der Waals surface area (Å²) in [5.41, 5.74) is 1.50. The van der Waals surface area contributed by atoms with Gasteiger partial charge in [0.2, 0.25) is 11.8 Å². The Labute approximate surface area is 156 Å². The molecule has 0 spiro atoms. The quantitative estimate of drug-likeness (QED) is 0.663. The van der Waals surface area contributed by atoms with Crippen molar-refractivity contribution < 1.29 is 13.9 Å². The molecule has 0 aliphatic carbocycles. The topological polar surface area (TPSA) is 64.1 Å². The second-order valence-corrected chi connectivity index (χ2v) is 5.84. The van der Waals surface area contributed by atoms with E-state index in [2.05, 4.69) is 15.3 Å². The summed E-state index contributed by atoms with van der Waals surface area (Å²) in [5.74, 6) is 0.381. The van der Waals surface area contributed by atoms with Crippen molar-refractivity contribution in [2.45, 2.75) is 13.0 Å². The molecule has 1 heterocycles. The van der Waals surface area contributed by atoms with E-state index in [1.807, 2.05) is 25.1 Å². The van der Waals surface area contributed by atoms with Crippen LogP contribution in [0.2, 0.25) is 0 Å². The van der Waals surface area contributed by atoms with Gasteiger partial charge in [-0.05, 0) is 48.4 Å². The number of hydrogen-bond acceptors (Lipinski definition) is 4. The zero-order valence-electron chi connectivity index (χ0n) is 14.7. The molecule has 1 atom stereocenters. The largest absolute Gasteiger partial charge is 0.437 e. The summed E-state index contributed by atoms with van der Waals surface area (Å²) in [7, 11) is 0. The van der Waals surface area contributed by atoms with Crippen LogP contribution in [0.1, 0.15) is 24.1 Å². The van der Waals surface area contributed by atoms with Crippen LogP contribution < -0.4 is 10.1 Å². The molecule has 1 aromatic heterocycles. The van der Waals surface area contributed by atoms with Crippen molar-refractivity contribution >= 4 is 12.0 Å². The van der Waals surface area contributed by atoms with Gasteiger partial charge < -0.3 is 10.1 Å². The SMILES string of the molecule is C[C@H](NC(=O)/C=C/c1cccc(F)c1)c1cccc(Oc2cnccn2)c1. The van der Waals surface area contributed by atoms with Crippen molar-refractivity contribution in [3.05, 3.63) is 90.1 Å². The van der Waals surface area contributed by atoms with E-state index < -0.39 is 0 Å². The average molecular weight is 363 g/mol. The van der Waals surface area contributed by atoms with Gasteiger partial charge in [0.1, 0.15) is 11.6 Å². The number of rotatable bonds is 6. The number of aromatic nitrogens is 2.